The molecular formula is C14H23N3O2S. The molecule has 2 N–H and O–H groups in total. The van der Waals surface area contributed by atoms with Gasteiger partial charge in [0.15, 0.2) is 0 Å². The molecular weight excluding hydrogens is 274 g/mol. The van der Waals surface area contributed by atoms with Gasteiger partial charge in [0.05, 0.1) is 4.90 Å². The van der Waals surface area contributed by atoms with E-state index in [2.05, 4.69) is 10.1 Å². The Morgan fingerprint density at radius 2 is 1.90 bits per heavy atom. The molecule has 1 aromatic rings. The molecule has 1 heterocycles. The molecule has 2 rings (SSSR count). The summed E-state index contributed by atoms with van der Waals surface area (Å²) in [6.07, 6.45) is 3.26. The fourth-order valence-corrected chi connectivity index (χ4v) is 3.95. The van der Waals surface area contributed by atoms with E-state index in [0.29, 0.717) is 11.4 Å². The Hall–Kier alpha value is -0.950. The number of nitrogens with one attached hydrogen (secondary N) is 2. The summed E-state index contributed by atoms with van der Waals surface area (Å²) in [7, 11) is -1.63. The summed E-state index contributed by atoms with van der Waals surface area (Å²) in [4.78, 5) is 3.08. The molecule has 0 saturated carbocycles. The van der Waals surface area contributed by atoms with E-state index < -0.39 is 10.0 Å². The van der Waals surface area contributed by atoms with Gasteiger partial charge in [0.25, 0.3) is 10.0 Å². The summed E-state index contributed by atoms with van der Waals surface area (Å²) in [6.45, 7) is 4.10. The van der Waals surface area contributed by atoms with E-state index in [0.717, 1.165) is 37.1 Å². The van der Waals surface area contributed by atoms with Gasteiger partial charge < -0.3 is 5.32 Å². The third-order valence-electron chi connectivity index (χ3n) is 3.66. The lowest BCUT2D eigenvalue weighted by molar-refractivity contribution is 0.200. The van der Waals surface area contributed by atoms with Crippen molar-refractivity contribution in [2.45, 2.75) is 37.6 Å². The van der Waals surface area contributed by atoms with E-state index >= 15 is 0 Å². The van der Waals surface area contributed by atoms with Crippen LogP contribution >= 0.6 is 0 Å². The number of nitrogens with zero attached hydrogens (tertiary/aromatic N) is 1. The molecule has 0 aliphatic carbocycles. The second-order valence-corrected chi connectivity index (χ2v) is 6.84. The average molecular weight is 297 g/mol. The fourth-order valence-electron chi connectivity index (χ4n) is 2.54. The van der Waals surface area contributed by atoms with Gasteiger partial charge in [-0.2, -0.15) is 0 Å². The van der Waals surface area contributed by atoms with Crippen molar-refractivity contribution in [2.75, 3.05) is 20.1 Å². The first-order valence-electron chi connectivity index (χ1n) is 7.05. The molecule has 112 valence electrons. The second-order valence-electron chi connectivity index (χ2n) is 5.21. The summed E-state index contributed by atoms with van der Waals surface area (Å²) in [6, 6.07) is 5.41. The first-order valence-corrected chi connectivity index (χ1v) is 8.53. The SMILES string of the molecule is CNCc1cccc(S(=O)(=O)NN2CCCCC2)c1C. The number of benzene rings is 1. The van der Waals surface area contributed by atoms with Crippen LogP contribution in [0.2, 0.25) is 0 Å². The molecule has 0 unspecified atom stereocenters. The Balaban J connectivity index is 2.22. The molecule has 1 aliphatic rings. The predicted octanol–water partition coefficient (Wildman–Crippen LogP) is 1.39. The molecule has 0 bridgehead atoms. The van der Waals surface area contributed by atoms with Gasteiger partial charge in [-0.05, 0) is 44.0 Å². The van der Waals surface area contributed by atoms with Crippen LogP contribution in [-0.2, 0) is 16.6 Å². The Morgan fingerprint density at radius 3 is 2.55 bits per heavy atom. The Labute approximate surface area is 121 Å². The van der Waals surface area contributed by atoms with Gasteiger partial charge >= 0.3 is 0 Å². The number of sulfonamides is 1. The molecule has 1 fully saturated rings. The minimum Gasteiger partial charge on any atom is -0.316 e. The highest BCUT2D eigenvalue weighted by Gasteiger charge is 2.22. The first kappa shape index (κ1) is 15.4. The molecule has 6 heteroatoms. The van der Waals surface area contributed by atoms with Gasteiger partial charge in [0.2, 0.25) is 0 Å². The Morgan fingerprint density at radius 1 is 1.20 bits per heavy atom. The lowest BCUT2D eigenvalue weighted by Crippen LogP contribution is -2.45. The zero-order chi connectivity index (χ0) is 14.6. The van der Waals surface area contributed by atoms with Crippen LogP contribution in [0.4, 0.5) is 0 Å². The van der Waals surface area contributed by atoms with E-state index in [1.165, 1.54) is 6.42 Å². The van der Waals surface area contributed by atoms with Crippen molar-refractivity contribution in [3.05, 3.63) is 29.3 Å². The van der Waals surface area contributed by atoms with Crippen molar-refractivity contribution in [3.8, 4) is 0 Å². The van der Waals surface area contributed by atoms with E-state index in [4.69, 9.17) is 0 Å². The van der Waals surface area contributed by atoms with E-state index in [-0.39, 0.29) is 0 Å². The maximum atomic E-state index is 12.5. The number of hydrogen-bond donors (Lipinski definition) is 2. The average Bonchev–Trinajstić information content (AvgIpc) is 2.42. The lowest BCUT2D eigenvalue weighted by atomic mass is 10.1. The van der Waals surface area contributed by atoms with Gasteiger partial charge in [0.1, 0.15) is 0 Å². The smallest absolute Gasteiger partial charge is 0.253 e. The van der Waals surface area contributed by atoms with Gasteiger partial charge in [-0.15, -0.1) is 4.83 Å². The summed E-state index contributed by atoms with van der Waals surface area (Å²) < 4.78 is 25.0. The summed E-state index contributed by atoms with van der Waals surface area (Å²) in [5.74, 6) is 0. The van der Waals surface area contributed by atoms with Crippen LogP contribution in [0, 0.1) is 6.92 Å². The second kappa shape index (κ2) is 6.67. The summed E-state index contributed by atoms with van der Waals surface area (Å²) in [5.41, 5.74) is 1.82. The van der Waals surface area contributed by atoms with Crippen LogP contribution in [0.5, 0.6) is 0 Å². The van der Waals surface area contributed by atoms with E-state index in [1.807, 2.05) is 25.0 Å². The molecule has 1 saturated heterocycles. The zero-order valence-electron chi connectivity index (χ0n) is 12.1. The largest absolute Gasteiger partial charge is 0.316 e. The van der Waals surface area contributed by atoms with Crippen molar-refractivity contribution < 1.29 is 8.42 Å². The molecule has 0 aromatic heterocycles. The molecule has 0 atom stereocenters. The molecule has 1 aromatic carbocycles. The first-order chi connectivity index (χ1) is 9.54. The molecule has 0 radical (unpaired) electrons. The molecule has 20 heavy (non-hydrogen) atoms. The standard InChI is InChI=1S/C14H23N3O2S/c1-12-13(11-15-2)7-6-8-14(12)20(18,19)16-17-9-4-3-5-10-17/h6-8,15-16H,3-5,9-11H2,1-2H3. The van der Waals surface area contributed by atoms with Crippen LogP contribution in [-0.4, -0.2) is 33.6 Å². The lowest BCUT2D eigenvalue weighted by Gasteiger charge is -2.27. The number of piperidine rings is 1. The van der Waals surface area contributed by atoms with Crippen LogP contribution in [0.3, 0.4) is 0 Å². The van der Waals surface area contributed by atoms with E-state index in [9.17, 15) is 8.42 Å². The zero-order valence-corrected chi connectivity index (χ0v) is 13.0. The molecule has 0 spiro atoms. The Kier molecular flexibility index (Phi) is 5.15. The minimum atomic E-state index is -3.48. The molecule has 1 aliphatic heterocycles. The number of hydrazine groups is 1. The normalized spacial score (nSPS) is 17.3. The van der Waals surface area contributed by atoms with Crippen molar-refractivity contribution in [1.82, 2.24) is 15.2 Å². The highest BCUT2D eigenvalue weighted by molar-refractivity contribution is 7.89. The molecule has 5 nitrogen and oxygen atoms in total. The van der Waals surface area contributed by atoms with Crippen molar-refractivity contribution in [2.24, 2.45) is 0 Å². The van der Waals surface area contributed by atoms with Crippen molar-refractivity contribution in [3.63, 3.8) is 0 Å². The van der Waals surface area contributed by atoms with Crippen LogP contribution in [0.15, 0.2) is 23.1 Å². The van der Waals surface area contributed by atoms with Crippen molar-refractivity contribution in [1.29, 1.82) is 0 Å². The topological polar surface area (TPSA) is 61.4 Å². The Bertz CT molecular complexity index is 552. The monoisotopic (exact) mass is 297 g/mol. The van der Waals surface area contributed by atoms with Gasteiger partial charge in [-0.25, -0.2) is 13.4 Å². The molecule has 0 amide bonds. The van der Waals surface area contributed by atoms with Gasteiger partial charge in [0, 0.05) is 19.6 Å². The van der Waals surface area contributed by atoms with Crippen LogP contribution in [0.1, 0.15) is 30.4 Å². The van der Waals surface area contributed by atoms with Crippen LogP contribution < -0.4 is 10.1 Å². The van der Waals surface area contributed by atoms with Crippen LogP contribution in [0.25, 0.3) is 0 Å². The highest BCUT2D eigenvalue weighted by Crippen LogP contribution is 2.19. The van der Waals surface area contributed by atoms with Crippen molar-refractivity contribution >= 4 is 10.0 Å². The third-order valence-corrected chi connectivity index (χ3v) is 5.18. The summed E-state index contributed by atoms with van der Waals surface area (Å²) >= 11 is 0. The van der Waals surface area contributed by atoms with Gasteiger partial charge in [-0.1, -0.05) is 18.6 Å². The van der Waals surface area contributed by atoms with Gasteiger partial charge in [-0.3, -0.25) is 0 Å². The fraction of sp³-hybridized carbons (Fsp3) is 0.571. The highest BCUT2D eigenvalue weighted by atomic mass is 32.2. The minimum absolute atomic E-state index is 0.371. The number of rotatable bonds is 5. The maximum Gasteiger partial charge on any atom is 0.253 e. The predicted molar refractivity (Wildman–Crippen MR) is 79.7 cm³/mol. The quantitative estimate of drug-likeness (QED) is 0.862. The summed E-state index contributed by atoms with van der Waals surface area (Å²) in [5, 5.41) is 4.87. The number of hydrogen-bond acceptors (Lipinski definition) is 4. The third kappa shape index (κ3) is 3.58. The van der Waals surface area contributed by atoms with E-state index in [1.54, 1.807) is 12.1 Å². The maximum absolute atomic E-state index is 12.5.